The maximum atomic E-state index is 13.7. The number of hydrogen-bond acceptors (Lipinski definition) is 6. The van der Waals surface area contributed by atoms with Gasteiger partial charge in [-0.1, -0.05) is 27.7 Å². The normalized spacial score (nSPS) is 11.7. The Morgan fingerprint density at radius 2 is 1.33 bits per heavy atom. The highest BCUT2D eigenvalue weighted by Crippen LogP contribution is 2.35. The molecule has 264 valence electrons. The van der Waals surface area contributed by atoms with E-state index in [-0.39, 0.29) is 46.6 Å². The van der Waals surface area contributed by atoms with Gasteiger partial charge in [0.25, 0.3) is 29.3 Å². The van der Waals surface area contributed by atoms with E-state index in [1.54, 1.807) is 39.4 Å². The molecule has 13 heteroatoms. The number of nitrogens with one attached hydrogen (secondary N) is 3. The predicted molar refractivity (Wildman–Crippen MR) is 181 cm³/mol. The Kier molecular flexibility index (Phi) is 11.5. The van der Waals surface area contributed by atoms with Gasteiger partial charge in [0.2, 0.25) is 0 Å². The van der Waals surface area contributed by atoms with E-state index in [9.17, 15) is 37.5 Å². The number of rotatable bonds is 14. The van der Waals surface area contributed by atoms with Gasteiger partial charge in [0.15, 0.2) is 17.9 Å². The quantitative estimate of drug-likeness (QED) is 0.123. The highest BCUT2D eigenvalue weighted by molar-refractivity contribution is 6.44. The molecule has 0 aliphatic rings. The number of ketones is 2. The SMILES string of the molecule is Cc1c(C(=O)C(=O)NCCC(C)(C)CC(C)(C)CNC(=O)C(=O)c2c(C)c(C(=O)Nc3ccc(F)c(F)c3)n(C)c2C)c(C)n(C)c1C=O. The molecule has 0 unspecified atom stereocenters. The van der Waals surface area contributed by atoms with Crippen LogP contribution in [-0.2, 0) is 23.7 Å². The fourth-order valence-electron chi connectivity index (χ4n) is 6.57. The lowest BCUT2D eigenvalue weighted by molar-refractivity contribution is -0.118. The van der Waals surface area contributed by atoms with Gasteiger partial charge in [-0.05, 0) is 74.6 Å². The predicted octanol–water partition coefficient (Wildman–Crippen LogP) is 5.07. The second-order valence-electron chi connectivity index (χ2n) is 14.1. The van der Waals surface area contributed by atoms with Crippen LogP contribution in [0.25, 0.3) is 0 Å². The van der Waals surface area contributed by atoms with Crippen LogP contribution in [0.2, 0.25) is 0 Å². The molecule has 3 N–H and O–H groups in total. The maximum Gasteiger partial charge on any atom is 0.292 e. The lowest BCUT2D eigenvalue weighted by Gasteiger charge is -2.35. The molecule has 2 heterocycles. The second-order valence-corrected chi connectivity index (χ2v) is 14.1. The average Bonchev–Trinajstić information content (AvgIpc) is 3.36. The Labute approximate surface area is 284 Å². The number of Topliss-reactive ketones (excluding diaryl/α,β-unsaturated/α-hetero) is 2. The van der Waals surface area contributed by atoms with E-state index in [0.29, 0.717) is 41.8 Å². The van der Waals surface area contributed by atoms with Gasteiger partial charge in [-0.15, -0.1) is 0 Å². The smallest absolute Gasteiger partial charge is 0.292 e. The Bertz CT molecular complexity index is 1850. The molecule has 1 aromatic carbocycles. The number of nitrogens with zero attached hydrogens (tertiary/aromatic N) is 2. The van der Waals surface area contributed by atoms with Crippen molar-refractivity contribution < 1.29 is 37.5 Å². The lowest BCUT2D eigenvalue weighted by atomic mass is 9.73. The second kappa shape index (κ2) is 14.7. The van der Waals surface area contributed by atoms with Crippen molar-refractivity contribution in [3.05, 3.63) is 74.9 Å². The number of hydrogen-bond donors (Lipinski definition) is 3. The molecule has 0 aliphatic carbocycles. The zero-order chi connectivity index (χ0) is 37.2. The van der Waals surface area contributed by atoms with Crippen molar-refractivity contribution >= 4 is 41.3 Å². The van der Waals surface area contributed by atoms with Crippen LogP contribution in [0.1, 0.15) is 105 Å². The summed E-state index contributed by atoms with van der Waals surface area (Å²) in [6, 6.07) is 2.94. The number of aromatic nitrogens is 2. The third-order valence-electron chi connectivity index (χ3n) is 9.06. The van der Waals surface area contributed by atoms with Crippen molar-refractivity contribution in [1.82, 2.24) is 19.8 Å². The molecule has 3 rings (SSSR count). The van der Waals surface area contributed by atoms with E-state index in [4.69, 9.17) is 0 Å². The molecule has 0 saturated heterocycles. The number of amides is 3. The summed E-state index contributed by atoms with van der Waals surface area (Å²) >= 11 is 0. The van der Waals surface area contributed by atoms with Crippen LogP contribution in [0.4, 0.5) is 14.5 Å². The average molecular weight is 682 g/mol. The maximum absolute atomic E-state index is 13.7. The third kappa shape index (κ3) is 8.38. The van der Waals surface area contributed by atoms with Gasteiger partial charge in [0.1, 0.15) is 5.69 Å². The third-order valence-corrected chi connectivity index (χ3v) is 9.06. The summed E-state index contributed by atoms with van der Waals surface area (Å²) < 4.78 is 30.0. The molecular weight excluding hydrogens is 636 g/mol. The number of carbonyl (C=O) groups is 6. The van der Waals surface area contributed by atoms with Crippen molar-refractivity contribution in [1.29, 1.82) is 0 Å². The minimum absolute atomic E-state index is 0.0281. The largest absolute Gasteiger partial charge is 0.349 e. The zero-order valence-corrected chi connectivity index (χ0v) is 29.7. The highest BCUT2D eigenvalue weighted by Gasteiger charge is 2.33. The lowest BCUT2D eigenvalue weighted by Crippen LogP contribution is -2.40. The molecule has 3 amide bonds. The minimum Gasteiger partial charge on any atom is -0.349 e. The fraction of sp³-hybridized carbons (Fsp3) is 0.444. The summed E-state index contributed by atoms with van der Waals surface area (Å²) in [5.41, 5.74) is 1.59. The van der Waals surface area contributed by atoms with Crippen LogP contribution < -0.4 is 16.0 Å². The number of benzene rings is 1. The first-order valence-electron chi connectivity index (χ1n) is 15.8. The van der Waals surface area contributed by atoms with Crippen molar-refractivity contribution in [2.24, 2.45) is 24.9 Å². The Morgan fingerprint density at radius 3 is 1.88 bits per heavy atom. The molecule has 0 atom stereocenters. The molecule has 3 aromatic rings. The molecule has 0 bridgehead atoms. The van der Waals surface area contributed by atoms with E-state index < -0.39 is 46.3 Å². The Hall–Kier alpha value is -4.94. The topological polar surface area (TPSA) is 148 Å². The van der Waals surface area contributed by atoms with Gasteiger partial charge in [0, 0.05) is 50.3 Å². The van der Waals surface area contributed by atoms with Gasteiger partial charge in [-0.3, -0.25) is 28.8 Å². The first-order chi connectivity index (χ1) is 22.6. The van der Waals surface area contributed by atoms with E-state index in [1.165, 1.54) is 17.6 Å². The van der Waals surface area contributed by atoms with Crippen molar-refractivity contribution in [2.45, 2.75) is 68.2 Å². The summed E-state index contributed by atoms with van der Waals surface area (Å²) in [6.07, 6.45) is 1.77. The summed E-state index contributed by atoms with van der Waals surface area (Å²) in [7, 11) is 3.22. The van der Waals surface area contributed by atoms with E-state index in [2.05, 4.69) is 16.0 Å². The molecule has 0 aliphatic heterocycles. The van der Waals surface area contributed by atoms with E-state index in [0.717, 1.165) is 12.1 Å². The summed E-state index contributed by atoms with van der Waals surface area (Å²) in [4.78, 5) is 76.5. The number of anilines is 1. The van der Waals surface area contributed by atoms with Crippen LogP contribution in [0.15, 0.2) is 18.2 Å². The van der Waals surface area contributed by atoms with Gasteiger partial charge in [0.05, 0.1) is 16.8 Å². The molecule has 0 fully saturated rings. The molecule has 2 aromatic heterocycles. The van der Waals surface area contributed by atoms with Gasteiger partial charge < -0.3 is 25.1 Å². The molecule has 11 nitrogen and oxygen atoms in total. The van der Waals surface area contributed by atoms with Gasteiger partial charge in [-0.25, -0.2) is 8.78 Å². The van der Waals surface area contributed by atoms with Crippen molar-refractivity contribution in [2.75, 3.05) is 18.4 Å². The monoisotopic (exact) mass is 681 g/mol. The Morgan fingerprint density at radius 1 is 0.776 bits per heavy atom. The van der Waals surface area contributed by atoms with Crippen LogP contribution >= 0.6 is 0 Å². The van der Waals surface area contributed by atoms with E-state index >= 15 is 0 Å². The molecule has 49 heavy (non-hydrogen) atoms. The van der Waals surface area contributed by atoms with Gasteiger partial charge >= 0.3 is 0 Å². The number of carbonyl (C=O) groups excluding carboxylic acids is 6. The molecule has 0 spiro atoms. The summed E-state index contributed by atoms with van der Waals surface area (Å²) in [5.74, 6) is -5.96. The highest BCUT2D eigenvalue weighted by atomic mass is 19.2. The Balaban J connectivity index is 1.60. The summed E-state index contributed by atoms with van der Waals surface area (Å²) in [6.45, 7) is 14.7. The van der Waals surface area contributed by atoms with Crippen LogP contribution in [0.5, 0.6) is 0 Å². The fourth-order valence-corrected chi connectivity index (χ4v) is 6.57. The van der Waals surface area contributed by atoms with Crippen LogP contribution in [-0.4, -0.2) is 57.8 Å². The summed E-state index contributed by atoms with van der Waals surface area (Å²) in [5, 5.41) is 7.90. The first-order valence-corrected chi connectivity index (χ1v) is 15.8. The van der Waals surface area contributed by atoms with Crippen LogP contribution in [0.3, 0.4) is 0 Å². The number of aldehydes is 1. The van der Waals surface area contributed by atoms with Crippen molar-refractivity contribution in [3.8, 4) is 0 Å². The zero-order valence-electron chi connectivity index (χ0n) is 29.7. The molecule has 0 saturated carbocycles. The first kappa shape index (κ1) is 38.5. The minimum atomic E-state index is -1.13. The number of halogens is 2. The van der Waals surface area contributed by atoms with E-state index in [1.807, 2.05) is 27.7 Å². The van der Waals surface area contributed by atoms with Crippen molar-refractivity contribution in [3.63, 3.8) is 0 Å². The van der Waals surface area contributed by atoms with Gasteiger partial charge in [-0.2, -0.15) is 0 Å². The molecular formula is C36H45F2N5O6. The standard InChI is InChI=1S/C36H45F2N5O6/c1-19-26(16-44)42(9)21(3)27(19)30(45)33(48)39-14-13-35(5,6)17-36(7,8)18-40-34(49)31(46)28-20(2)29(43(10)22(28)4)32(47)41-23-11-12-24(37)25(38)15-23/h11-12,15-16H,13-14,17-18H2,1-10H3,(H,39,48)(H,40,49)(H,41,47). The van der Waals surface area contributed by atoms with Crippen LogP contribution in [0, 0.1) is 50.2 Å². The molecule has 0 radical (unpaired) electrons.